The molecular formula is C27H32ClF2N3O4. The molecule has 2 amide bonds. The zero-order chi connectivity index (χ0) is 27.1. The van der Waals surface area contributed by atoms with Crippen molar-refractivity contribution in [2.75, 3.05) is 18.5 Å². The highest BCUT2D eigenvalue weighted by Gasteiger charge is 2.65. The highest BCUT2D eigenvalue weighted by atomic mass is 35.5. The first-order valence-electron chi connectivity index (χ1n) is 12.3. The van der Waals surface area contributed by atoms with Gasteiger partial charge in [0.15, 0.2) is 0 Å². The zero-order valence-corrected chi connectivity index (χ0v) is 21.7. The zero-order valence-electron chi connectivity index (χ0n) is 20.9. The first-order chi connectivity index (χ1) is 17.4. The van der Waals surface area contributed by atoms with E-state index in [0.717, 1.165) is 0 Å². The molecule has 0 bridgehead atoms. The predicted octanol–water partition coefficient (Wildman–Crippen LogP) is 3.23. The molecule has 2 aromatic carbocycles. The molecule has 5 atom stereocenters. The van der Waals surface area contributed by atoms with Gasteiger partial charge in [0.2, 0.25) is 11.8 Å². The smallest absolute Gasteiger partial charge is 0.237 e. The van der Waals surface area contributed by atoms with E-state index in [1.165, 1.54) is 36.4 Å². The quantitative estimate of drug-likeness (QED) is 0.374. The van der Waals surface area contributed by atoms with Crippen molar-refractivity contribution in [1.29, 1.82) is 0 Å². The normalized spacial score (nSPS) is 25.7. The van der Waals surface area contributed by atoms with Gasteiger partial charge in [-0.25, -0.2) is 8.78 Å². The summed E-state index contributed by atoms with van der Waals surface area (Å²) in [5.74, 6) is -2.79. The summed E-state index contributed by atoms with van der Waals surface area (Å²) in [7, 11) is 0. The topological polar surface area (TPSA) is 111 Å². The molecule has 2 aliphatic rings. The highest BCUT2D eigenvalue weighted by molar-refractivity contribution is 6.31. The monoisotopic (exact) mass is 535 g/mol. The predicted molar refractivity (Wildman–Crippen MR) is 136 cm³/mol. The number of anilines is 1. The number of carbonyl (C=O) groups excluding carboxylic acids is 2. The molecule has 0 radical (unpaired) electrons. The second kappa shape index (κ2) is 10.3. The third-order valence-corrected chi connectivity index (χ3v) is 7.49. The van der Waals surface area contributed by atoms with Gasteiger partial charge in [0.25, 0.3) is 0 Å². The van der Waals surface area contributed by atoms with Gasteiger partial charge in [0.1, 0.15) is 17.0 Å². The van der Waals surface area contributed by atoms with Gasteiger partial charge >= 0.3 is 0 Å². The molecule has 2 aromatic rings. The largest absolute Gasteiger partial charge is 0.394 e. The molecule has 0 unspecified atom stereocenters. The molecule has 0 aromatic heterocycles. The van der Waals surface area contributed by atoms with Crippen LogP contribution < -0.4 is 16.0 Å². The number of carbonyl (C=O) groups is 2. The molecule has 4 rings (SSSR count). The van der Waals surface area contributed by atoms with Crippen molar-refractivity contribution in [1.82, 2.24) is 10.6 Å². The fourth-order valence-electron chi connectivity index (χ4n) is 5.67. The van der Waals surface area contributed by atoms with E-state index in [2.05, 4.69) is 16.0 Å². The van der Waals surface area contributed by atoms with Gasteiger partial charge in [-0.05, 0) is 53.6 Å². The van der Waals surface area contributed by atoms with Crippen LogP contribution in [0.2, 0.25) is 5.02 Å². The molecule has 2 aliphatic heterocycles. The minimum Gasteiger partial charge on any atom is -0.394 e. The lowest BCUT2D eigenvalue weighted by Gasteiger charge is -2.37. The van der Waals surface area contributed by atoms with Crippen LogP contribution in [-0.2, 0) is 15.0 Å². The third-order valence-electron chi connectivity index (χ3n) is 7.20. The summed E-state index contributed by atoms with van der Waals surface area (Å²) >= 11 is 6.04. The lowest BCUT2D eigenvalue weighted by Crippen LogP contribution is -2.49. The molecule has 1 fully saturated rings. The molecule has 2 heterocycles. The number of hydrogen-bond donors (Lipinski definition) is 5. The Hall–Kier alpha value is -2.59. The highest BCUT2D eigenvalue weighted by Crippen LogP contribution is 2.56. The van der Waals surface area contributed by atoms with E-state index >= 15 is 0 Å². The lowest BCUT2D eigenvalue weighted by molar-refractivity contribution is -0.124. The fourth-order valence-corrected chi connectivity index (χ4v) is 5.83. The summed E-state index contributed by atoms with van der Waals surface area (Å²) < 4.78 is 28.8. The van der Waals surface area contributed by atoms with Crippen LogP contribution in [0, 0.1) is 17.0 Å². The van der Waals surface area contributed by atoms with Crippen molar-refractivity contribution in [2.45, 2.75) is 63.1 Å². The number of hydrogen-bond acceptors (Lipinski definition) is 5. The molecule has 0 aliphatic carbocycles. The van der Waals surface area contributed by atoms with Crippen LogP contribution in [-0.4, -0.2) is 53.4 Å². The summed E-state index contributed by atoms with van der Waals surface area (Å²) in [5.41, 5.74) is -0.363. The fraction of sp³-hybridized carbons (Fsp3) is 0.481. The van der Waals surface area contributed by atoms with Gasteiger partial charge in [-0.15, -0.1) is 0 Å². The van der Waals surface area contributed by atoms with Gasteiger partial charge in [0, 0.05) is 24.2 Å². The van der Waals surface area contributed by atoms with Crippen molar-refractivity contribution in [2.24, 2.45) is 5.41 Å². The Morgan fingerprint density at radius 2 is 1.89 bits per heavy atom. The average Bonchev–Trinajstić information content (AvgIpc) is 3.29. The lowest BCUT2D eigenvalue weighted by atomic mass is 9.62. The maximum absolute atomic E-state index is 14.9. The van der Waals surface area contributed by atoms with E-state index in [1.807, 2.05) is 20.8 Å². The second-order valence-corrected chi connectivity index (χ2v) is 11.4. The number of fused-ring (bicyclic) bond motifs is 2. The van der Waals surface area contributed by atoms with Gasteiger partial charge in [-0.2, -0.15) is 0 Å². The second-order valence-electron chi connectivity index (χ2n) is 11.0. The standard InChI is InChI=1S/C27H32ClF2N3O4/c1-26(2,3)12-21-27(17-10-19(30)18(28)11-20(17)32-25(27)37)22(14-4-6-15(29)7-5-14)23(33-21)24(36)31-9-8-16(35)13-34/h4-7,10-11,16,21-23,33-35H,8-9,12-13H2,1-3H3,(H,31,36)(H,32,37)/t16-,21+,22-,23+,27-/m0/s1. The maximum Gasteiger partial charge on any atom is 0.237 e. The summed E-state index contributed by atoms with van der Waals surface area (Å²) in [4.78, 5) is 27.5. The van der Waals surface area contributed by atoms with Crippen LogP contribution in [0.25, 0.3) is 0 Å². The van der Waals surface area contributed by atoms with Crippen molar-refractivity contribution >= 4 is 29.1 Å². The molecule has 37 heavy (non-hydrogen) atoms. The Morgan fingerprint density at radius 1 is 1.22 bits per heavy atom. The van der Waals surface area contributed by atoms with Crippen LogP contribution >= 0.6 is 11.6 Å². The van der Waals surface area contributed by atoms with Crippen LogP contribution in [0.3, 0.4) is 0 Å². The number of nitrogens with one attached hydrogen (secondary N) is 3. The van der Waals surface area contributed by atoms with E-state index in [9.17, 15) is 23.5 Å². The molecule has 5 N–H and O–H groups in total. The van der Waals surface area contributed by atoms with Crippen LogP contribution in [0.5, 0.6) is 0 Å². The summed E-state index contributed by atoms with van der Waals surface area (Å²) in [6.07, 6.45) is -0.376. The van der Waals surface area contributed by atoms with Gasteiger partial charge in [0.05, 0.1) is 23.8 Å². The first kappa shape index (κ1) is 27.4. The Balaban J connectivity index is 1.88. The van der Waals surface area contributed by atoms with Crippen molar-refractivity contribution in [3.8, 4) is 0 Å². The van der Waals surface area contributed by atoms with E-state index in [0.29, 0.717) is 23.2 Å². The minimum atomic E-state index is -1.39. The Bertz CT molecular complexity index is 1190. The number of rotatable bonds is 7. The van der Waals surface area contributed by atoms with E-state index in [4.69, 9.17) is 16.7 Å². The molecule has 1 spiro atoms. The van der Waals surface area contributed by atoms with Gasteiger partial charge in [-0.1, -0.05) is 44.5 Å². The van der Waals surface area contributed by atoms with Crippen LogP contribution in [0.15, 0.2) is 36.4 Å². The minimum absolute atomic E-state index is 0.0961. The van der Waals surface area contributed by atoms with Crippen LogP contribution in [0.4, 0.5) is 14.5 Å². The Labute approximate surface area is 219 Å². The van der Waals surface area contributed by atoms with E-state index in [-0.39, 0.29) is 23.4 Å². The average molecular weight is 536 g/mol. The molecule has 10 heteroatoms. The van der Waals surface area contributed by atoms with Crippen molar-refractivity contribution in [3.63, 3.8) is 0 Å². The Morgan fingerprint density at radius 3 is 2.51 bits per heavy atom. The summed E-state index contributed by atoms with van der Waals surface area (Å²) in [6, 6.07) is 6.72. The number of benzene rings is 2. The van der Waals surface area contributed by atoms with Crippen molar-refractivity contribution < 1.29 is 28.6 Å². The third kappa shape index (κ3) is 5.10. The van der Waals surface area contributed by atoms with Gasteiger partial charge < -0.3 is 26.2 Å². The molecule has 0 saturated carbocycles. The molecule has 200 valence electrons. The van der Waals surface area contributed by atoms with Crippen LogP contribution in [0.1, 0.15) is 50.7 Å². The summed E-state index contributed by atoms with van der Waals surface area (Å²) in [5, 5.41) is 27.6. The number of aliphatic hydroxyl groups excluding tert-OH is 2. The van der Waals surface area contributed by atoms with E-state index in [1.54, 1.807) is 0 Å². The summed E-state index contributed by atoms with van der Waals surface area (Å²) in [6.45, 7) is 5.69. The Kier molecular flexibility index (Phi) is 7.63. The molecule has 7 nitrogen and oxygen atoms in total. The number of amides is 2. The first-order valence-corrected chi connectivity index (χ1v) is 12.7. The SMILES string of the molecule is CC(C)(C)C[C@H]1N[C@@H](C(=O)NCC[C@H](O)CO)[C@H](c2ccc(F)cc2)[C@@]12C(=O)Nc1cc(Cl)c(F)cc12. The van der Waals surface area contributed by atoms with Crippen molar-refractivity contribution in [3.05, 3.63) is 64.2 Å². The molecular weight excluding hydrogens is 504 g/mol. The number of halogens is 3. The van der Waals surface area contributed by atoms with Gasteiger partial charge in [-0.3, -0.25) is 9.59 Å². The number of aliphatic hydroxyl groups is 2. The maximum atomic E-state index is 14.9. The van der Waals surface area contributed by atoms with E-state index < -0.39 is 59.6 Å². The molecule has 1 saturated heterocycles.